The Morgan fingerprint density at radius 3 is 2.33 bits per heavy atom. The van der Waals surface area contributed by atoms with E-state index in [0.29, 0.717) is 16.0 Å². The van der Waals surface area contributed by atoms with Crippen LogP contribution in [-0.4, -0.2) is 14.6 Å². The molecular weight excluding hydrogens is 341 g/mol. The number of fused-ring (bicyclic) bond motifs is 1. The van der Waals surface area contributed by atoms with E-state index in [0.717, 1.165) is 22.6 Å². The van der Waals surface area contributed by atoms with E-state index < -0.39 is 0 Å². The summed E-state index contributed by atoms with van der Waals surface area (Å²) in [5.41, 5.74) is 2.67. The molecule has 2 heterocycles. The first-order chi connectivity index (χ1) is 11.7. The molecule has 0 saturated heterocycles. The molecule has 0 atom stereocenters. The lowest BCUT2D eigenvalue weighted by Crippen LogP contribution is -2.03. The van der Waals surface area contributed by atoms with Crippen molar-refractivity contribution in [1.29, 1.82) is 0 Å². The van der Waals surface area contributed by atoms with Gasteiger partial charge in [-0.3, -0.25) is 4.40 Å². The maximum Gasteiger partial charge on any atom is 0.161 e. The summed E-state index contributed by atoms with van der Waals surface area (Å²) in [4.78, 5) is 0. The van der Waals surface area contributed by atoms with Crippen LogP contribution in [0.4, 0.5) is 0 Å². The first-order valence-corrected chi connectivity index (χ1v) is 9.29. The quantitative estimate of drug-likeness (QED) is 0.514. The lowest BCUT2D eigenvalue weighted by molar-refractivity contribution is 0.555. The van der Waals surface area contributed by atoms with Gasteiger partial charge in [0.25, 0.3) is 0 Å². The van der Waals surface area contributed by atoms with Crippen LogP contribution in [-0.2, 0) is 0 Å². The fourth-order valence-corrected chi connectivity index (χ4v) is 4.27. The highest BCUT2D eigenvalue weighted by atomic mass is 35.5. The van der Waals surface area contributed by atoms with Crippen LogP contribution in [0.1, 0.15) is 50.3 Å². The summed E-state index contributed by atoms with van der Waals surface area (Å²) < 4.78 is 2.12. The number of hydrogen-bond acceptors (Lipinski definition) is 2. The van der Waals surface area contributed by atoms with Crippen molar-refractivity contribution in [2.75, 3.05) is 0 Å². The van der Waals surface area contributed by atoms with Gasteiger partial charge in [-0.05, 0) is 42.7 Å². The van der Waals surface area contributed by atoms with Gasteiger partial charge in [-0.1, -0.05) is 55.0 Å². The van der Waals surface area contributed by atoms with E-state index in [4.69, 9.17) is 23.2 Å². The second-order valence-electron chi connectivity index (χ2n) is 6.49. The zero-order chi connectivity index (χ0) is 16.5. The number of rotatable bonds is 2. The Hall–Kier alpha value is -1.58. The van der Waals surface area contributed by atoms with Gasteiger partial charge in [0.2, 0.25) is 0 Å². The van der Waals surface area contributed by atoms with Crippen LogP contribution < -0.4 is 0 Å². The molecule has 24 heavy (non-hydrogen) atoms. The number of nitrogens with zero attached hydrogens (tertiary/aromatic N) is 3. The van der Waals surface area contributed by atoms with Crippen LogP contribution in [0.2, 0.25) is 10.0 Å². The SMILES string of the molecule is Clc1cccc(Cl)c1-c1ccn2c(C3CCCCCC3)nnc2c1. The topological polar surface area (TPSA) is 30.2 Å². The zero-order valence-corrected chi connectivity index (χ0v) is 14.9. The van der Waals surface area contributed by atoms with Crippen molar-refractivity contribution in [3.05, 3.63) is 52.4 Å². The molecule has 124 valence electrons. The van der Waals surface area contributed by atoms with Crippen molar-refractivity contribution in [3.63, 3.8) is 0 Å². The van der Waals surface area contributed by atoms with E-state index in [1.165, 1.54) is 38.5 Å². The molecular formula is C19H19Cl2N3. The van der Waals surface area contributed by atoms with E-state index in [1.54, 1.807) is 0 Å². The predicted octanol–water partition coefficient (Wildman–Crippen LogP) is 6.14. The second-order valence-corrected chi connectivity index (χ2v) is 7.30. The lowest BCUT2D eigenvalue weighted by Gasteiger charge is -2.12. The van der Waals surface area contributed by atoms with Crippen molar-refractivity contribution in [1.82, 2.24) is 14.6 Å². The van der Waals surface area contributed by atoms with Crippen molar-refractivity contribution in [2.45, 2.75) is 44.4 Å². The maximum atomic E-state index is 6.33. The van der Waals surface area contributed by atoms with Gasteiger partial charge in [-0.2, -0.15) is 0 Å². The summed E-state index contributed by atoms with van der Waals surface area (Å²) in [6.45, 7) is 0. The van der Waals surface area contributed by atoms with Crippen molar-refractivity contribution in [3.8, 4) is 11.1 Å². The monoisotopic (exact) mass is 359 g/mol. The molecule has 0 aliphatic heterocycles. The molecule has 0 N–H and O–H groups in total. The molecule has 2 aromatic heterocycles. The normalized spacial score (nSPS) is 16.4. The van der Waals surface area contributed by atoms with Crippen LogP contribution in [0.25, 0.3) is 16.8 Å². The Morgan fingerprint density at radius 2 is 1.62 bits per heavy atom. The second kappa shape index (κ2) is 6.73. The first kappa shape index (κ1) is 15.9. The first-order valence-electron chi connectivity index (χ1n) is 8.53. The maximum absolute atomic E-state index is 6.33. The van der Waals surface area contributed by atoms with Crippen molar-refractivity contribution < 1.29 is 0 Å². The Labute approximate surface area is 151 Å². The minimum atomic E-state index is 0.511. The molecule has 3 nitrogen and oxygen atoms in total. The van der Waals surface area contributed by atoms with Gasteiger partial charge < -0.3 is 0 Å². The van der Waals surface area contributed by atoms with Gasteiger partial charge in [0.15, 0.2) is 5.65 Å². The number of hydrogen-bond donors (Lipinski definition) is 0. The third-order valence-corrected chi connectivity index (χ3v) is 5.54. The van der Waals surface area contributed by atoms with Gasteiger partial charge in [0.1, 0.15) is 5.82 Å². The largest absolute Gasteiger partial charge is 0.286 e. The molecule has 0 bridgehead atoms. The smallest absolute Gasteiger partial charge is 0.161 e. The summed E-state index contributed by atoms with van der Waals surface area (Å²) in [5, 5.41) is 10.2. The lowest BCUT2D eigenvalue weighted by atomic mass is 9.99. The average Bonchev–Trinajstić information content (AvgIpc) is 2.80. The average molecular weight is 360 g/mol. The minimum Gasteiger partial charge on any atom is -0.286 e. The summed E-state index contributed by atoms with van der Waals surface area (Å²) in [7, 11) is 0. The van der Waals surface area contributed by atoms with Crippen LogP contribution in [0.3, 0.4) is 0 Å². The molecule has 1 aliphatic rings. The van der Waals surface area contributed by atoms with Gasteiger partial charge in [0.05, 0.1) is 0 Å². The van der Waals surface area contributed by atoms with Crippen LogP contribution >= 0.6 is 23.2 Å². The fourth-order valence-electron chi connectivity index (χ4n) is 3.65. The summed E-state index contributed by atoms with van der Waals surface area (Å²) in [5.74, 6) is 1.60. The zero-order valence-electron chi connectivity index (χ0n) is 13.4. The summed E-state index contributed by atoms with van der Waals surface area (Å²) >= 11 is 12.7. The van der Waals surface area contributed by atoms with Gasteiger partial charge in [0, 0.05) is 27.7 Å². The van der Waals surface area contributed by atoms with Gasteiger partial charge in [-0.15, -0.1) is 10.2 Å². The van der Waals surface area contributed by atoms with E-state index in [9.17, 15) is 0 Å². The molecule has 1 fully saturated rings. The van der Waals surface area contributed by atoms with E-state index in [2.05, 4.69) is 14.6 Å². The number of halogens is 2. The Balaban J connectivity index is 1.75. The van der Waals surface area contributed by atoms with Crippen molar-refractivity contribution >= 4 is 28.8 Å². The van der Waals surface area contributed by atoms with Gasteiger partial charge >= 0.3 is 0 Å². The van der Waals surface area contributed by atoms with Gasteiger partial charge in [-0.25, -0.2) is 0 Å². The van der Waals surface area contributed by atoms with Crippen molar-refractivity contribution in [2.24, 2.45) is 0 Å². The summed E-state index contributed by atoms with van der Waals surface area (Å²) in [6, 6.07) is 9.62. The number of pyridine rings is 1. The Kier molecular flexibility index (Phi) is 4.47. The number of benzene rings is 1. The molecule has 5 heteroatoms. The van der Waals surface area contributed by atoms with E-state index >= 15 is 0 Å². The minimum absolute atomic E-state index is 0.511. The molecule has 1 aliphatic carbocycles. The summed E-state index contributed by atoms with van der Waals surface area (Å²) in [6.07, 6.45) is 9.70. The number of aromatic nitrogens is 3. The molecule has 1 saturated carbocycles. The van der Waals surface area contributed by atoms with E-state index in [-0.39, 0.29) is 0 Å². The van der Waals surface area contributed by atoms with Crippen LogP contribution in [0, 0.1) is 0 Å². The molecule has 3 aromatic rings. The molecule has 1 aromatic carbocycles. The molecule has 0 radical (unpaired) electrons. The highest BCUT2D eigenvalue weighted by molar-refractivity contribution is 6.39. The van der Waals surface area contributed by atoms with Crippen LogP contribution in [0.15, 0.2) is 36.5 Å². The molecule has 0 amide bonds. The standard InChI is InChI=1S/C19H19Cl2N3/c20-15-8-5-9-16(21)18(15)14-10-11-24-17(12-14)22-23-19(24)13-6-3-1-2-4-7-13/h5,8-13H,1-4,6-7H2. The molecule has 0 unspecified atom stereocenters. The third kappa shape index (κ3) is 2.91. The predicted molar refractivity (Wildman–Crippen MR) is 98.9 cm³/mol. The molecule has 4 rings (SSSR count). The Morgan fingerprint density at radius 1 is 0.917 bits per heavy atom. The van der Waals surface area contributed by atoms with E-state index in [1.807, 2.05) is 36.5 Å². The highest BCUT2D eigenvalue weighted by Gasteiger charge is 2.20. The third-order valence-electron chi connectivity index (χ3n) is 4.91. The Bertz CT molecular complexity index is 844. The van der Waals surface area contributed by atoms with Crippen LogP contribution in [0.5, 0.6) is 0 Å². The fraction of sp³-hybridized carbons (Fsp3) is 0.368. The molecule has 0 spiro atoms. The highest BCUT2D eigenvalue weighted by Crippen LogP contribution is 2.36.